The maximum absolute atomic E-state index is 13.6. The van der Waals surface area contributed by atoms with E-state index < -0.39 is 17.1 Å². The van der Waals surface area contributed by atoms with Crippen LogP contribution in [0, 0.1) is 5.82 Å². The zero-order chi connectivity index (χ0) is 25.2. The molecule has 6 nitrogen and oxygen atoms in total. The number of hydrogen-bond donors (Lipinski definition) is 2. The molecule has 1 amide bonds. The van der Waals surface area contributed by atoms with E-state index in [1.54, 1.807) is 36.2 Å². The fraction of sp³-hybridized carbons (Fsp3) is 0.414. The van der Waals surface area contributed by atoms with Crippen molar-refractivity contribution < 1.29 is 24.1 Å². The van der Waals surface area contributed by atoms with Crippen molar-refractivity contribution in [1.82, 2.24) is 9.80 Å². The number of ether oxygens (including phenoxy) is 1. The van der Waals surface area contributed by atoms with E-state index in [9.17, 15) is 19.4 Å². The molecule has 188 valence electrons. The summed E-state index contributed by atoms with van der Waals surface area (Å²) in [6.07, 6.45) is 6.90. The van der Waals surface area contributed by atoms with Gasteiger partial charge in [-0.2, -0.15) is 0 Å². The molecule has 1 saturated carbocycles. The number of nitrogens with zero attached hydrogens (tertiary/aromatic N) is 2. The molecule has 2 aliphatic heterocycles. The normalized spacial score (nSPS) is 32.1. The van der Waals surface area contributed by atoms with Gasteiger partial charge in [-0.1, -0.05) is 24.3 Å². The van der Waals surface area contributed by atoms with Crippen LogP contribution in [-0.2, 0) is 16.6 Å². The Balaban J connectivity index is 1.38. The lowest BCUT2D eigenvalue weighted by molar-refractivity contribution is -0.198. The lowest BCUT2D eigenvalue weighted by Gasteiger charge is -2.64. The van der Waals surface area contributed by atoms with Gasteiger partial charge in [0, 0.05) is 31.3 Å². The Hall–Kier alpha value is -3.16. The molecule has 1 saturated heterocycles. The lowest BCUT2D eigenvalue weighted by Crippen LogP contribution is -2.78. The van der Waals surface area contributed by atoms with Gasteiger partial charge in [-0.3, -0.25) is 9.69 Å². The van der Waals surface area contributed by atoms with Crippen LogP contribution in [-0.4, -0.2) is 69.8 Å². The number of aromatic hydroxyl groups is 1. The number of carbonyl (C=O) groups excluding carboxylic acids is 1. The Labute approximate surface area is 210 Å². The molecule has 2 heterocycles. The van der Waals surface area contributed by atoms with Gasteiger partial charge in [0.25, 0.3) is 0 Å². The van der Waals surface area contributed by atoms with Crippen LogP contribution in [0.5, 0.6) is 11.5 Å². The average molecular weight is 491 g/mol. The topological polar surface area (TPSA) is 73.2 Å². The molecule has 2 bridgehead atoms. The second-order valence-corrected chi connectivity index (χ2v) is 10.6. The smallest absolute Gasteiger partial charge is 0.246 e. The van der Waals surface area contributed by atoms with Gasteiger partial charge in [-0.25, -0.2) is 4.39 Å². The van der Waals surface area contributed by atoms with Crippen LogP contribution in [0.1, 0.15) is 36.0 Å². The predicted molar refractivity (Wildman–Crippen MR) is 134 cm³/mol. The molecule has 7 heteroatoms. The van der Waals surface area contributed by atoms with Gasteiger partial charge in [0.05, 0.1) is 17.1 Å². The number of carbonyl (C=O) groups is 1. The fourth-order valence-electron chi connectivity index (χ4n) is 7.44. The summed E-state index contributed by atoms with van der Waals surface area (Å²) < 4.78 is 20.1. The van der Waals surface area contributed by atoms with Crippen molar-refractivity contribution in [3.05, 3.63) is 77.6 Å². The molecule has 6 rings (SSSR count). The van der Waals surface area contributed by atoms with Gasteiger partial charge in [0.15, 0.2) is 11.5 Å². The van der Waals surface area contributed by atoms with Crippen LogP contribution >= 0.6 is 0 Å². The Bertz CT molecular complexity index is 1280. The van der Waals surface area contributed by atoms with E-state index in [2.05, 4.69) is 11.5 Å². The molecular formula is C29H31FN2O4. The van der Waals surface area contributed by atoms with E-state index in [1.165, 1.54) is 18.2 Å². The molecular weight excluding hydrogens is 459 g/mol. The summed E-state index contributed by atoms with van der Waals surface area (Å²) in [5.41, 5.74) is 0.876. The minimum atomic E-state index is -1.04. The molecule has 0 radical (unpaired) electrons. The Morgan fingerprint density at radius 2 is 2.17 bits per heavy atom. The first-order valence-electron chi connectivity index (χ1n) is 12.6. The zero-order valence-electron chi connectivity index (χ0n) is 20.4. The summed E-state index contributed by atoms with van der Waals surface area (Å²) in [6.45, 7) is 5.38. The molecule has 2 aliphatic carbocycles. The number of piperidine rings is 1. The maximum atomic E-state index is 13.6. The molecule has 2 N–H and O–H groups in total. The number of phenolic OH excluding ortho intramolecular Hbond substituents is 1. The maximum Gasteiger partial charge on any atom is 0.246 e. The summed E-state index contributed by atoms with van der Waals surface area (Å²) in [7, 11) is 1.75. The molecule has 4 aliphatic rings. The van der Waals surface area contributed by atoms with Crippen LogP contribution < -0.4 is 4.74 Å². The fourth-order valence-corrected chi connectivity index (χ4v) is 7.44. The Morgan fingerprint density at radius 1 is 1.33 bits per heavy atom. The second-order valence-electron chi connectivity index (χ2n) is 10.6. The van der Waals surface area contributed by atoms with Crippen molar-refractivity contribution in [3.63, 3.8) is 0 Å². The van der Waals surface area contributed by atoms with Crippen molar-refractivity contribution in [2.75, 3.05) is 20.1 Å². The second kappa shape index (κ2) is 8.18. The standard InChI is InChI=1S/C29H31FN2O4/c1-3-14-32-15-13-28-25-19-8-9-22(33)26(25)36-27(28)21(11-12-29(28,35)23(32)17-19)31(2)24(34)10-7-18-5-4-6-20(30)16-18/h3-10,16,21,23,27,33,35H,1,11-15,17H2,2H3/b10-7+/t21?,23-,27?,28+,29-/m1/s1. The van der Waals surface area contributed by atoms with E-state index in [1.807, 2.05) is 12.1 Å². The highest BCUT2D eigenvalue weighted by molar-refractivity contribution is 5.92. The SMILES string of the molecule is C=CCN1CC[C@]23c4c5ccc(O)c4OC2C(N(C)C(=O)/C=C/c2cccc(F)c2)CC[C@@]3(O)[C@H]1C5. The molecule has 0 aromatic heterocycles. The van der Waals surface area contributed by atoms with E-state index in [-0.39, 0.29) is 29.6 Å². The highest BCUT2D eigenvalue weighted by Crippen LogP contribution is 2.65. The number of hydrogen-bond acceptors (Lipinski definition) is 5. The van der Waals surface area contributed by atoms with Gasteiger partial charge >= 0.3 is 0 Å². The molecule has 2 aromatic rings. The molecule has 2 aromatic carbocycles. The number of likely N-dealkylation sites (N-methyl/N-ethyl adjacent to an activating group) is 1. The molecule has 36 heavy (non-hydrogen) atoms. The first kappa shape index (κ1) is 23.3. The number of benzene rings is 2. The minimum absolute atomic E-state index is 0.0746. The monoisotopic (exact) mass is 490 g/mol. The highest BCUT2D eigenvalue weighted by atomic mass is 19.1. The highest BCUT2D eigenvalue weighted by Gasteiger charge is 2.73. The minimum Gasteiger partial charge on any atom is -0.504 e. The Morgan fingerprint density at radius 3 is 2.94 bits per heavy atom. The number of phenols is 1. The van der Waals surface area contributed by atoms with E-state index in [0.29, 0.717) is 43.5 Å². The third-order valence-corrected chi connectivity index (χ3v) is 9.02. The van der Waals surface area contributed by atoms with Gasteiger partial charge in [-0.15, -0.1) is 6.58 Å². The van der Waals surface area contributed by atoms with E-state index >= 15 is 0 Å². The first-order chi connectivity index (χ1) is 17.3. The first-order valence-corrected chi connectivity index (χ1v) is 12.6. The van der Waals surface area contributed by atoms with Crippen molar-refractivity contribution >= 4 is 12.0 Å². The summed E-state index contributed by atoms with van der Waals surface area (Å²) in [5.74, 6) is -0.0438. The van der Waals surface area contributed by atoms with Crippen molar-refractivity contribution in [3.8, 4) is 11.5 Å². The van der Waals surface area contributed by atoms with E-state index in [0.717, 1.165) is 17.7 Å². The number of likely N-dealkylation sites (tertiary alicyclic amines) is 1. The van der Waals surface area contributed by atoms with Crippen molar-refractivity contribution in [2.24, 2.45) is 0 Å². The molecule has 1 spiro atoms. The van der Waals surface area contributed by atoms with Crippen LogP contribution in [0.3, 0.4) is 0 Å². The third-order valence-electron chi connectivity index (χ3n) is 9.02. The average Bonchev–Trinajstić information content (AvgIpc) is 3.21. The molecule has 2 fully saturated rings. The van der Waals surface area contributed by atoms with Crippen molar-refractivity contribution in [1.29, 1.82) is 0 Å². The Kier molecular flexibility index (Phi) is 5.28. The number of rotatable bonds is 5. The van der Waals surface area contributed by atoms with Crippen LogP contribution in [0.25, 0.3) is 6.08 Å². The third kappa shape index (κ3) is 3.05. The summed E-state index contributed by atoms with van der Waals surface area (Å²) in [4.78, 5) is 17.2. The number of halogens is 1. The van der Waals surface area contributed by atoms with Crippen molar-refractivity contribution in [2.45, 2.75) is 54.9 Å². The summed E-state index contributed by atoms with van der Waals surface area (Å²) >= 11 is 0. The van der Waals surface area contributed by atoms with Crippen LogP contribution in [0.4, 0.5) is 4.39 Å². The van der Waals surface area contributed by atoms with Gasteiger partial charge in [0.1, 0.15) is 11.9 Å². The van der Waals surface area contributed by atoms with Gasteiger partial charge in [-0.05, 0) is 67.6 Å². The number of aliphatic hydroxyl groups is 1. The van der Waals surface area contributed by atoms with Crippen LogP contribution in [0.2, 0.25) is 0 Å². The zero-order valence-corrected chi connectivity index (χ0v) is 20.4. The molecule has 5 atom stereocenters. The quantitative estimate of drug-likeness (QED) is 0.497. The van der Waals surface area contributed by atoms with Gasteiger partial charge in [0.2, 0.25) is 5.91 Å². The van der Waals surface area contributed by atoms with Gasteiger partial charge < -0.3 is 19.8 Å². The predicted octanol–water partition coefficient (Wildman–Crippen LogP) is 3.41. The summed E-state index contributed by atoms with van der Waals surface area (Å²) in [6, 6.07) is 9.33. The van der Waals surface area contributed by atoms with Crippen LogP contribution in [0.15, 0.2) is 55.1 Å². The number of amides is 1. The summed E-state index contributed by atoms with van der Waals surface area (Å²) in [5, 5.41) is 23.2. The lowest BCUT2D eigenvalue weighted by atomic mass is 9.48. The molecule has 2 unspecified atom stereocenters. The largest absolute Gasteiger partial charge is 0.504 e. The van der Waals surface area contributed by atoms with E-state index in [4.69, 9.17) is 4.74 Å².